The zero-order valence-corrected chi connectivity index (χ0v) is 20.3. The van der Waals surface area contributed by atoms with Gasteiger partial charge in [0.15, 0.2) is 11.5 Å². The molecule has 0 amide bonds. The van der Waals surface area contributed by atoms with Gasteiger partial charge >= 0.3 is 0 Å². The van der Waals surface area contributed by atoms with Gasteiger partial charge < -0.3 is 29.1 Å². The lowest BCUT2D eigenvalue weighted by Crippen LogP contribution is -2.49. The molecule has 2 fully saturated rings. The fourth-order valence-electron chi connectivity index (χ4n) is 4.58. The topological polar surface area (TPSA) is 57.6 Å². The summed E-state index contributed by atoms with van der Waals surface area (Å²) in [6.07, 6.45) is 3.09. The lowest BCUT2D eigenvalue weighted by atomic mass is 9.96. The minimum atomic E-state index is -0.510. The number of β-amino-alcohol motifs (C(OH)–C–C–N with tert-alkyl or cyclic N) is 1. The van der Waals surface area contributed by atoms with Crippen LogP contribution in [0.1, 0.15) is 31.7 Å². The molecule has 32 heavy (non-hydrogen) atoms. The van der Waals surface area contributed by atoms with Gasteiger partial charge in [0.1, 0.15) is 12.7 Å². The van der Waals surface area contributed by atoms with E-state index < -0.39 is 6.10 Å². The number of piperazine rings is 1. The normalized spacial score (nSPS) is 19.9. The number of ether oxygens (including phenoxy) is 3. The Bertz CT molecular complexity index is 661. The largest absolute Gasteiger partial charge is 0.493 e. The smallest absolute Gasteiger partial charge is 0.161 e. The number of hydrogen-bond acceptors (Lipinski definition) is 7. The summed E-state index contributed by atoms with van der Waals surface area (Å²) in [6.45, 7) is 12.2. The SMILES string of the molecule is CCN1CCN(C[C@@H](O)COc2ccc(CN(C)CCC3CCOCC3)cc2OC)CC1. The molecule has 2 saturated heterocycles. The summed E-state index contributed by atoms with van der Waals surface area (Å²) in [7, 11) is 3.84. The van der Waals surface area contributed by atoms with Crippen LogP contribution in [0.3, 0.4) is 0 Å². The molecule has 2 heterocycles. The molecule has 1 N–H and O–H groups in total. The second-order valence-electron chi connectivity index (χ2n) is 9.27. The van der Waals surface area contributed by atoms with Gasteiger partial charge in [-0.25, -0.2) is 0 Å². The Hall–Kier alpha value is -1.38. The highest BCUT2D eigenvalue weighted by molar-refractivity contribution is 5.43. The van der Waals surface area contributed by atoms with Gasteiger partial charge in [-0.15, -0.1) is 0 Å². The van der Waals surface area contributed by atoms with Gasteiger partial charge in [-0.3, -0.25) is 4.90 Å². The average molecular weight is 450 g/mol. The third-order valence-electron chi connectivity index (χ3n) is 6.75. The molecule has 7 nitrogen and oxygen atoms in total. The Morgan fingerprint density at radius 2 is 1.84 bits per heavy atom. The molecule has 3 rings (SSSR count). The van der Waals surface area contributed by atoms with Crippen LogP contribution in [0.4, 0.5) is 0 Å². The monoisotopic (exact) mass is 449 g/mol. The van der Waals surface area contributed by atoms with Crippen molar-refractivity contribution in [2.45, 2.75) is 38.8 Å². The molecule has 182 valence electrons. The lowest BCUT2D eigenvalue weighted by Gasteiger charge is -2.34. The van der Waals surface area contributed by atoms with Gasteiger partial charge in [0.2, 0.25) is 0 Å². The first-order valence-electron chi connectivity index (χ1n) is 12.3. The van der Waals surface area contributed by atoms with Gasteiger partial charge in [-0.2, -0.15) is 0 Å². The summed E-state index contributed by atoms with van der Waals surface area (Å²) in [5, 5.41) is 10.5. The molecule has 7 heteroatoms. The van der Waals surface area contributed by atoms with Crippen LogP contribution in [0.5, 0.6) is 11.5 Å². The first-order chi connectivity index (χ1) is 15.6. The van der Waals surface area contributed by atoms with E-state index in [1.807, 2.05) is 6.07 Å². The number of aliphatic hydroxyl groups is 1. The summed E-state index contributed by atoms with van der Waals surface area (Å²) < 4.78 is 17.0. The maximum Gasteiger partial charge on any atom is 0.161 e. The van der Waals surface area contributed by atoms with Crippen LogP contribution in [0.25, 0.3) is 0 Å². The third kappa shape index (κ3) is 8.19. The van der Waals surface area contributed by atoms with Crippen LogP contribution < -0.4 is 9.47 Å². The fourth-order valence-corrected chi connectivity index (χ4v) is 4.58. The third-order valence-corrected chi connectivity index (χ3v) is 6.75. The van der Waals surface area contributed by atoms with Crippen LogP contribution in [0.15, 0.2) is 18.2 Å². The standard InChI is InChI=1S/C25H43N3O4/c1-4-27-11-13-28(14-12-27)19-23(29)20-32-24-6-5-22(17-25(24)30-3)18-26(2)10-7-21-8-15-31-16-9-21/h5-6,17,21,23,29H,4,7-16,18-20H2,1-3H3/t23-/m1/s1. The van der Waals surface area contributed by atoms with E-state index in [2.05, 4.69) is 40.8 Å². The summed E-state index contributed by atoms with van der Waals surface area (Å²) in [6, 6.07) is 6.11. The first kappa shape index (κ1) is 25.2. The Labute approximate surface area is 194 Å². The van der Waals surface area contributed by atoms with Crippen LogP contribution in [0, 0.1) is 5.92 Å². The molecule has 1 aromatic carbocycles. The van der Waals surface area contributed by atoms with E-state index >= 15 is 0 Å². The number of likely N-dealkylation sites (N-methyl/N-ethyl adjacent to an activating group) is 1. The first-order valence-corrected chi connectivity index (χ1v) is 12.3. The molecule has 0 aliphatic carbocycles. The quantitative estimate of drug-likeness (QED) is 0.526. The van der Waals surface area contributed by atoms with Crippen molar-refractivity contribution >= 4 is 0 Å². The maximum atomic E-state index is 10.5. The Balaban J connectivity index is 1.41. The highest BCUT2D eigenvalue weighted by atomic mass is 16.5. The average Bonchev–Trinajstić information content (AvgIpc) is 2.83. The van der Waals surface area contributed by atoms with Crippen molar-refractivity contribution in [2.24, 2.45) is 5.92 Å². The molecule has 0 radical (unpaired) electrons. The van der Waals surface area contributed by atoms with Gasteiger partial charge in [0.05, 0.1) is 7.11 Å². The van der Waals surface area contributed by atoms with E-state index in [0.29, 0.717) is 12.3 Å². The number of methoxy groups -OCH3 is 1. The Kier molecular flexibility index (Phi) is 10.5. The Morgan fingerprint density at radius 1 is 1.12 bits per heavy atom. The van der Waals surface area contributed by atoms with Crippen molar-refractivity contribution in [1.82, 2.24) is 14.7 Å². The highest BCUT2D eigenvalue weighted by Crippen LogP contribution is 2.29. The number of hydrogen-bond donors (Lipinski definition) is 1. The van der Waals surface area contributed by atoms with Crippen molar-refractivity contribution in [1.29, 1.82) is 0 Å². The molecule has 0 aromatic heterocycles. The Morgan fingerprint density at radius 3 is 2.53 bits per heavy atom. The van der Waals surface area contributed by atoms with Crippen molar-refractivity contribution in [3.63, 3.8) is 0 Å². The molecule has 0 unspecified atom stereocenters. The molecule has 1 aromatic rings. The zero-order chi connectivity index (χ0) is 22.8. The number of rotatable bonds is 12. The van der Waals surface area contributed by atoms with Gasteiger partial charge in [-0.1, -0.05) is 13.0 Å². The van der Waals surface area contributed by atoms with Crippen molar-refractivity contribution < 1.29 is 19.3 Å². The summed E-state index contributed by atoms with van der Waals surface area (Å²) in [5.41, 5.74) is 1.21. The van der Waals surface area contributed by atoms with Crippen molar-refractivity contribution in [3.05, 3.63) is 23.8 Å². The number of aliphatic hydroxyl groups excluding tert-OH is 1. The lowest BCUT2D eigenvalue weighted by molar-refractivity contribution is 0.0464. The van der Waals surface area contributed by atoms with Gasteiger partial charge in [-0.05, 0) is 63.0 Å². The molecule has 0 spiro atoms. The minimum Gasteiger partial charge on any atom is -0.493 e. The highest BCUT2D eigenvalue weighted by Gasteiger charge is 2.19. The van der Waals surface area contributed by atoms with E-state index in [9.17, 15) is 5.11 Å². The fraction of sp³-hybridized carbons (Fsp3) is 0.760. The van der Waals surface area contributed by atoms with E-state index in [1.165, 1.54) is 24.8 Å². The van der Waals surface area contributed by atoms with Gasteiger partial charge in [0, 0.05) is 52.5 Å². The zero-order valence-electron chi connectivity index (χ0n) is 20.3. The van der Waals surface area contributed by atoms with Gasteiger partial charge in [0.25, 0.3) is 0 Å². The van der Waals surface area contributed by atoms with E-state index in [0.717, 1.165) is 70.7 Å². The maximum absolute atomic E-state index is 10.5. The van der Waals surface area contributed by atoms with Crippen LogP contribution in [0.2, 0.25) is 0 Å². The molecule has 1 atom stereocenters. The molecule has 0 bridgehead atoms. The van der Waals surface area contributed by atoms with E-state index in [4.69, 9.17) is 14.2 Å². The number of nitrogens with zero attached hydrogens (tertiary/aromatic N) is 3. The second-order valence-corrected chi connectivity index (χ2v) is 9.27. The molecular weight excluding hydrogens is 406 g/mol. The van der Waals surface area contributed by atoms with Crippen LogP contribution >= 0.6 is 0 Å². The van der Waals surface area contributed by atoms with Crippen LogP contribution in [-0.2, 0) is 11.3 Å². The molecular formula is C25H43N3O4. The van der Waals surface area contributed by atoms with E-state index in [-0.39, 0.29) is 6.61 Å². The van der Waals surface area contributed by atoms with E-state index in [1.54, 1.807) is 7.11 Å². The summed E-state index contributed by atoms with van der Waals surface area (Å²) >= 11 is 0. The minimum absolute atomic E-state index is 0.273. The number of benzene rings is 1. The summed E-state index contributed by atoms with van der Waals surface area (Å²) in [5.74, 6) is 2.21. The second kappa shape index (κ2) is 13.4. The van der Waals surface area contributed by atoms with Crippen LogP contribution in [-0.4, -0.2) is 106 Å². The van der Waals surface area contributed by atoms with Crippen molar-refractivity contribution in [2.75, 3.05) is 79.8 Å². The molecule has 0 saturated carbocycles. The molecule has 2 aliphatic heterocycles. The predicted molar refractivity (Wildman–Crippen MR) is 128 cm³/mol. The summed E-state index contributed by atoms with van der Waals surface area (Å²) in [4.78, 5) is 7.12. The predicted octanol–water partition coefficient (Wildman–Crippen LogP) is 2.32. The van der Waals surface area contributed by atoms with Crippen molar-refractivity contribution in [3.8, 4) is 11.5 Å². The molecule has 2 aliphatic rings.